The number of benzene rings is 1. The zero-order chi connectivity index (χ0) is 12.1. The zero-order valence-corrected chi connectivity index (χ0v) is 9.31. The van der Waals surface area contributed by atoms with Crippen LogP contribution in [0.4, 0.5) is 0 Å². The largest absolute Gasteiger partial charge is 0.389 e. The standard InChI is InChI=1S/C11H12N2O2S/c12-6-5-9(14)10(15)7-1-3-8(4-2-7)11(13)16/h1-4,9-10,14-15H,5H2,(H2,13,16). The number of hydrogen-bond donors (Lipinski definition) is 3. The normalized spacial score (nSPS) is 13.8. The number of aliphatic hydroxyl groups excluding tert-OH is 2. The Morgan fingerprint density at radius 3 is 2.38 bits per heavy atom. The molecule has 2 atom stereocenters. The lowest BCUT2D eigenvalue weighted by atomic mass is 10.0. The van der Waals surface area contributed by atoms with Crippen molar-refractivity contribution in [3.63, 3.8) is 0 Å². The van der Waals surface area contributed by atoms with Crippen molar-refractivity contribution >= 4 is 17.2 Å². The van der Waals surface area contributed by atoms with Crippen molar-refractivity contribution < 1.29 is 10.2 Å². The van der Waals surface area contributed by atoms with Crippen molar-refractivity contribution in [2.24, 2.45) is 5.73 Å². The van der Waals surface area contributed by atoms with Gasteiger partial charge < -0.3 is 15.9 Å². The van der Waals surface area contributed by atoms with Crippen LogP contribution in [0.2, 0.25) is 0 Å². The Bertz CT molecular complexity index is 411. The highest BCUT2D eigenvalue weighted by molar-refractivity contribution is 7.80. The van der Waals surface area contributed by atoms with Gasteiger partial charge in [0.25, 0.3) is 0 Å². The van der Waals surface area contributed by atoms with Crippen LogP contribution >= 0.6 is 12.2 Å². The van der Waals surface area contributed by atoms with E-state index in [9.17, 15) is 10.2 Å². The summed E-state index contributed by atoms with van der Waals surface area (Å²) in [5.41, 5.74) is 6.65. The van der Waals surface area contributed by atoms with Crippen LogP contribution in [-0.2, 0) is 0 Å². The topological polar surface area (TPSA) is 90.3 Å². The van der Waals surface area contributed by atoms with Crippen molar-refractivity contribution in [1.29, 1.82) is 5.26 Å². The van der Waals surface area contributed by atoms with Gasteiger partial charge in [0, 0.05) is 5.56 Å². The van der Waals surface area contributed by atoms with Crippen molar-refractivity contribution in [3.8, 4) is 6.07 Å². The second kappa shape index (κ2) is 5.56. The molecule has 0 radical (unpaired) electrons. The van der Waals surface area contributed by atoms with Gasteiger partial charge in [0.1, 0.15) is 11.1 Å². The monoisotopic (exact) mass is 236 g/mol. The molecule has 0 aliphatic carbocycles. The van der Waals surface area contributed by atoms with Crippen LogP contribution in [0.1, 0.15) is 23.7 Å². The molecule has 84 valence electrons. The Labute approximate surface area is 98.9 Å². The fourth-order valence-corrected chi connectivity index (χ4v) is 1.41. The molecule has 0 heterocycles. The van der Waals surface area contributed by atoms with Crippen molar-refractivity contribution in [2.75, 3.05) is 0 Å². The SMILES string of the molecule is N#CCC(O)C(O)c1ccc(C(N)=S)cc1. The summed E-state index contributed by atoms with van der Waals surface area (Å²) in [4.78, 5) is 0.276. The highest BCUT2D eigenvalue weighted by atomic mass is 32.1. The van der Waals surface area contributed by atoms with Crippen molar-refractivity contribution in [1.82, 2.24) is 0 Å². The number of nitriles is 1. The summed E-state index contributed by atoms with van der Waals surface area (Å²) < 4.78 is 0. The number of rotatable bonds is 4. The molecule has 16 heavy (non-hydrogen) atoms. The minimum Gasteiger partial charge on any atom is -0.389 e. The summed E-state index contributed by atoms with van der Waals surface area (Å²) >= 11 is 4.79. The lowest BCUT2D eigenvalue weighted by Gasteiger charge is -2.15. The molecule has 0 spiro atoms. The van der Waals surface area contributed by atoms with E-state index in [1.807, 2.05) is 0 Å². The number of nitrogens with zero attached hydrogens (tertiary/aromatic N) is 1. The first kappa shape index (κ1) is 12.6. The van der Waals surface area contributed by atoms with Gasteiger partial charge >= 0.3 is 0 Å². The summed E-state index contributed by atoms with van der Waals surface area (Å²) in [5, 5.41) is 27.5. The number of nitrogens with two attached hydrogens (primary N) is 1. The molecule has 2 unspecified atom stereocenters. The van der Waals surface area contributed by atoms with E-state index in [1.165, 1.54) is 0 Å². The molecule has 4 N–H and O–H groups in total. The maximum atomic E-state index is 9.68. The molecule has 1 aromatic rings. The van der Waals surface area contributed by atoms with E-state index in [0.717, 1.165) is 0 Å². The average Bonchev–Trinajstić information content (AvgIpc) is 2.28. The number of aliphatic hydroxyl groups is 2. The molecule has 5 heteroatoms. The predicted molar refractivity (Wildman–Crippen MR) is 63.5 cm³/mol. The second-order valence-electron chi connectivity index (χ2n) is 3.36. The van der Waals surface area contributed by atoms with E-state index < -0.39 is 12.2 Å². The van der Waals surface area contributed by atoms with Crippen LogP contribution in [-0.4, -0.2) is 21.3 Å². The fraction of sp³-hybridized carbons (Fsp3) is 0.273. The molecule has 0 bridgehead atoms. The van der Waals surface area contributed by atoms with Gasteiger partial charge in [-0.2, -0.15) is 5.26 Å². The van der Waals surface area contributed by atoms with Gasteiger partial charge in [-0.05, 0) is 5.56 Å². The molecule has 0 saturated heterocycles. The Morgan fingerprint density at radius 1 is 1.38 bits per heavy atom. The first-order valence-corrected chi connectivity index (χ1v) is 5.10. The molecule has 0 aliphatic heterocycles. The van der Waals surface area contributed by atoms with E-state index in [0.29, 0.717) is 11.1 Å². The minimum atomic E-state index is -1.08. The first-order chi connectivity index (χ1) is 7.56. The third-order valence-electron chi connectivity index (χ3n) is 2.20. The predicted octanol–water partition coefficient (Wildman–Crippen LogP) is 0.629. The van der Waals surface area contributed by atoms with Gasteiger partial charge in [-0.3, -0.25) is 0 Å². The van der Waals surface area contributed by atoms with Gasteiger partial charge in [-0.25, -0.2) is 0 Å². The van der Waals surface area contributed by atoms with E-state index >= 15 is 0 Å². The first-order valence-electron chi connectivity index (χ1n) is 4.69. The molecular formula is C11H12N2O2S. The lowest BCUT2D eigenvalue weighted by molar-refractivity contribution is 0.0216. The van der Waals surface area contributed by atoms with E-state index in [4.69, 9.17) is 23.2 Å². The van der Waals surface area contributed by atoms with Crippen molar-refractivity contribution in [2.45, 2.75) is 18.6 Å². The molecular weight excluding hydrogens is 224 g/mol. The maximum Gasteiger partial charge on any atom is 0.106 e. The van der Waals surface area contributed by atoms with Crippen molar-refractivity contribution in [3.05, 3.63) is 35.4 Å². The number of hydrogen-bond acceptors (Lipinski definition) is 4. The Morgan fingerprint density at radius 2 is 1.94 bits per heavy atom. The third-order valence-corrected chi connectivity index (χ3v) is 2.44. The quantitative estimate of drug-likeness (QED) is 0.667. The summed E-state index contributed by atoms with van der Waals surface area (Å²) in [7, 11) is 0. The van der Waals surface area contributed by atoms with Crippen LogP contribution in [0.5, 0.6) is 0 Å². The van der Waals surface area contributed by atoms with Gasteiger partial charge in [-0.1, -0.05) is 36.5 Å². The lowest BCUT2D eigenvalue weighted by Crippen LogP contribution is -2.17. The van der Waals surface area contributed by atoms with Crippen LogP contribution in [0.3, 0.4) is 0 Å². The number of thiocarbonyl (C=S) groups is 1. The maximum absolute atomic E-state index is 9.68. The fourth-order valence-electron chi connectivity index (χ4n) is 1.27. The third kappa shape index (κ3) is 3.00. The second-order valence-corrected chi connectivity index (χ2v) is 3.80. The average molecular weight is 236 g/mol. The van der Waals surface area contributed by atoms with Gasteiger partial charge in [0.15, 0.2) is 0 Å². The zero-order valence-electron chi connectivity index (χ0n) is 8.50. The molecule has 4 nitrogen and oxygen atoms in total. The van der Waals surface area contributed by atoms with Gasteiger partial charge in [0.05, 0.1) is 18.6 Å². The van der Waals surface area contributed by atoms with Gasteiger partial charge in [0.2, 0.25) is 0 Å². The Balaban J connectivity index is 2.82. The molecule has 0 aliphatic rings. The smallest absolute Gasteiger partial charge is 0.106 e. The summed E-state index contributed by atoms with van der Waals surface area (Å²) in [6.45, 7) is 0. The highest BCUT2D eigenvalue weighted by Gasteiger charge is 2.17. The van der Waals surface area contributed by atoms with Crippen LogP contribution < -0.4 is 5.73 Å². The van der Waals surface area contributed by atoms with Gasteiger partial charge in [-0.15, -0.1) is 0 Å². The summed E-state index contributed by atoms with van der Waals surface area (Å²) in [5.74, 6) is 0. The van der Waals surface area contributed by atoms with Crippen LogP contribution in [0.15, 0.2) is 24.3 Å². The molecule has 0 amide bonds. The van der Waals surface area contributed by atoms with E-state index in [2.05, 4.69) is 0 Å². The minimum absolute atomic E-state index is 0.113. The molecule has 0 saturated carbocycles. The molecule has 1 rings (SSSR count). The van der Waals surface area contributed by atoms with Crippen LogP contribution in [0.25, 0.3) is 0 Å². The van der Waals surface area contributed by atoms with E-state index in [1.54, 1.807) is 30.3 Å². The summed E-state index contributed by atoms with van der Waals surface area (Å²) in [6.07, 6.45) is -2.26. The Hall–Kier alpha value is -1.48. The van der Waals surface area contributed by atoms with Crippen LogP contribution in [0, 0.1) is 11.3 Å². The highest BCUT2D eigenvalue weighted by Crippen LogP contribution is 2.19. The Kier molecular flexibility index (Phi) is 4.38. The molecule has 1 aromatic carbocycles. The summed E-state index contributed by atoms with van der Waals surface area (Å²) in [6, 6.07) is 8.38. The molecule has 0 fully saturated rings. The molecule has 0 aromatic heterocycles. The van der Waals surface area contributed by atoms with E-state index in [-0.39, 0.29) is 11.4 Å².